The summed E-state index contributed by atoms with van der Waals surface area (Å²) < 4.78 is 6.74. The molecule has 6 nitrogen and oxygen atoms in total. The van der Waals surface area contributed by atoms with Crippen LogP contribution < -0.4 is 5.69 Å². The van der Waals surface area contributed by atoms with Crippen LogP contribution in [0.3, 0.4) is 0 Å². The van der Waals surface area contributed by atoms with Crippen molar-refractivity contribution < 1.29 is 4.52 Å². The highest BCUT2D eigenvalue weighted by Crippen LogP contribution is 2.15. The van der Waals surface area contributed by atoms with Crippen LogP contribution in [0, 0.1) is 13.8 Å². The quantitative estimate of drug-likeness (QED) is 0.738. The van der Waals surface area contributed by atoms with Crippen LogP contribution in [0.1, 0.15) is 17.0 Å². The van der Waals surface area contributed by atoms with E-state index in [4.69, 9.17) is 4.52 Å². The molecule has 6 heteroatoms. The fourth-order valence-corrected chi connectivity index (χ4v) is 2.03. The first-order chi connectivity index (χ1) is 8.66. The molecule has 0 unspecified atom stereocenters. The lowest BCUT2D eigenvalue weighted by atomic mass is 10.2. The molecule has 3 rings (SSSR count). The number of aromatic amines is 1. The van der Waals surface area contributed by atoms with E-state index in [1.807, 2.05) is 19.9 Å². The Morgan fingerprint density at radius 1 is 1.44 bits per heavy atom. The lowest BCUT2D eigenvalue weighted by Crippen LogP contribution is -2.17. The molecule has 3 aromatic heterocycles. The minimum absolute atomic E-state index is 0.177. The van der Waals surface area contributed by atoms with Crippen LogP contribution in [0.2, 0.25) is 0 Å². The SMILES string of the molecule is Cc1noc(C)c1Cn1c(=O)[nH]c2ncccc21. The highest BCUT2D eigenvalue weighted by Gasteiger charge is 2.13. The summed E-state index contributed by atoms with van der Waals surface area (Å²) in [6.07, 6.45) is 1.65. The summed E-state index contributed by atoms with van der Waals surface area (Å²) in [6, 6.07) is 3.66. The Bertz CT molecular complexity index is 746. The van der Waals surface area contributed by atoms with Crippen molar-refractivity contribution in [3.05, 3.63) is 45.8 Å². The second kappa shape index (κ2) is 3.83. The minimum atomic E-state index is -0.177. The van der Waals surface area contributed by atoms with Gasteiger partial charge in [0.2, 0.25) is 0 Å². The summed E-state index contributed by atoms with van der Waals surface area (Å²) in [6.45, 7) is 4.14. The van der Waals surface area contributed by atoms with Crippen LogP contribution >= 0.6 is 0 Å². The smallest absolute Gasteiger partial charge is 0.327 e. The van der Waals surface area contributed by atoms with Gasteiger partial charge in [-0.05, 0) is 26.0 Å². The third kappa shape index (κ3) is 1.54. The summed E-state index contributed by atoms with van der Waals surface area (Å²) in [5.74, 6) is 0.734. The second-order valence-corrected chi connectivity index (χ2v) is 4.19. The molecule has 0 radical (unpaired) electrons. The number of pyridine rings is 1. The number of H-pyrrole nitrogens is 1. The van der Waals surface area contributed by atoms with Crippen molar-refractivity contribution in [2.24, 2.45) is 0 Å². The third-order valence-corrected chi connectivity index (χ3v) is 3.05. The number of fused-ring (bicyclic) bond motifs is 1. The van der Waals surface area contributed by atoms with Gasteiger partial charge in [0, 0.05) is 11.8 Å². The predicted octanol–water partition coefficient (Wildman–Crippen LogP) is 1.38. The van der Waals surface area contributed by atoms with Gasteiger partial charge in [0.05, 0.1) is 17.8 Å². The number of aromatic nitrogens is 4. The van der Waals surface area contributed by atoms with Gasteiger partial charge in [-0.15, -0.1) is 0 Å². The van der Waals surface area contributed by atoms with Crippen molar-refractivity contribution in [3.63, 3.8) is 0 Å². The Kier molecular flexibility index (Phi) is 2.29. The molecule has 0 aromatic carbocycles. The zero-order valence-electron chi connectivity index (χ0n) is 10.1. The monoisotopic (exact) mass is 244 g/mol. The Labute approximate surface area is 102 Å². The van der Waals surface area contributed by atoms with E-state index in [1.165, 1.54) is 0 Å². The largest absolute Gasteiger partial charge is 0.361 e. The summed E-state index contributed by atoms with van der Waals surface area (Å²) in [5.41, 5.74) is 2.93. The van der Waals surface area contributed by atoms with Crippen molar-refractivity contribution in [1.29, 1.82) is 0 Å². The summed E-state index contributed by atoms with van der Waals surface area (Å²) >= 11 is 0. The summed E-state index contributed by atoms with van der Waals surface area (Å²) in [7, 11) is 0. The molecule has 0 aliphatic rings. The normalized spacial score (nSPS) is 11.2. The van der Waals surface area contributed by atoms with Crippen molar-refractivity contribution in [3.8, 4) is 0 Å². The Balaban J connectivity index is 2.16. The Morgan fingerprint density at radius 3 is 3.00 bits per heavy atom. The molecule has 3 aromatic rings. The fraction of sp³-hybridized carbons (Fsp3) is 0.250. The molecule has 0 saturated heterocycles. The zero-order chi connectivity index (χ0) is 12.7. The lowest BCUT2D eigenvalue weighted by Gasteiger charge is -2.02. The van der Waals surface area contributed by atoms with E-state index in [0.717, 1.165) is 22.5 Å². The van der Waals surface area contributed by atoms with Crippen LogP contribution in [0.15, 0.2) is 27.6 Å². The van der Waals surface area contributed by atoms with Gasteiger partial charge in [-0.25, -0.2) is 9.78 Å². The van der Waals surface area contributed by atoms with E-state index in [1.54, 1.807) is 16.8 Å². The van der Waals surface area contributed by atoms with Gasteiger partial charge >= 0.3 is 5.69 Å². The molecule has 18 heavy (non-hydrogen) atoms. The number of rotatable bonds is 2. The van der Waals surface area contributed by atoms with Gasteiger partial charge < -0.3 is 4.52 Å². The molecule has 0 fully saturated rings. The van der Waals surface area contributed by atoms with Gasteiger partial charge in [-0.3, -0.25) is 9.55 Å². The molecule has 1 N–H and O–H groups in total. The highest BCUT2D eigenvalue weighted by atomic mass is 16.5. The average Bonchev–Trinajstić information content (AvgIpc) is 2.84. The number of aryl methyl sites for hydroxylation is 2. The minimum Gasteiger partial charge on any atom is -0.361 e. The number of hydrogen-bond acceptors (Lipinski definition) is 4. The van der Waals surface area contributed by atoms with Crippen LogP contribution in [0.25, 0.3) is 11.2 Å². The molecule has 0 aliphatic heterocycles. The number of nitrogens with zero attached hydrogens (tertiary/aromatic N) is 3. The molecular formula is C12H12N4O2. The second-order valence-electron chi connectivity index (χ2n) is 4.19. The van der Waals surface area contributed by atoms with E-state index in [2.05, 4.69) is 15.1 Å². The summed E-state index contributed by atoms with van der Waals surface area (Å²) in [4.78, 5) is 18.7. The molecule has 0 bridgehead atoms. The summed E-state index contributed by atoms with van der Waals surface area (Å²) in [5, 5.41) is 3.89. The lowest BCUT2D eigenvalue weighted by molar-refractivity contribution is 0.392. The maximum atomic E-state index is 11.9. The first-order valence-electron chi connectivity index (χ1n) is 5.62. The first-order valence-corrected chi connectivity index (χ1v) is 5.62. The molecular weight excluding hydrogens is 232 g/mol. The van der Waals surface area contributed by atoms with E-state index in [0.29, 0.717) is 12.2 Å². The standard InChI is InChI=1S/C12H12N4O2/c1-7-9(8(2)18-15-7)6-16-10-4-3-5-13-11(10)14-12(16)17/h3-5H,6H2,1-2H3,(H,13,14,17). The molecule has 0 spiro atoms. The molecule has 0 saturated carbocycles. The zero-order valence-corrected chi connectivity index (χ0v) is 10.1. The molecule has 0 aliphatic carbocycles. The molecule has 3 heterocycles. The van der Waals surface area contributed by atoms with Crippen molar-refractivity contribution in [2.45, 2.75) is 20.4 Å². The maximum absolute atomic E-state index is 11.9. The average molecular weight is 244 g/mol. The van der Waals surface area contributed by atoms with Crippen LogP contribution in [0.4, 0.5) is 0 Å². The molecule has 0 amide bonds. The third-order valence-electron chi connectivity index (χ3n) is 3.05. The van der Waals surface area contributed by atoms with Gasteiger partial charge in [0.1, 0.15) is 5.76 Å². The van der Waals surface area contributed by atoms with E-state index in [9.17, 15) is 4.79 Å². The van der Waals surface area contributed by atoms with Crippen molar-refractivity contribution in [2.75, 3.05) is 0 Å². The number of hydrogen-bond donors (Lipinski definition) is 1. The Morgan fingerprint density at radius 2 is 2.28 bits per heavy atom. The van der Waals surface area contributed by atoms with E-state index in [-0.39, 0.29) is 5.69 Å². The first kappa shape index (κ1) is 10.8. The highest BCUT2D eigenvalue weighted by molar-refractivity contribution is 5.70. The van der Waals surface area contributed by atoms with E-state index >= 15 is 0 Å². The van der Waals surface area contributed by atoms with Crippen LogP contribution in [-0.4, -0.2) is 19.7 Å². The van der Waals surface area contributed by atoms with Crippen LogP contribution in [0.5, 0.6) is 0 Å². The molecule has 0 atom stereocenters. The molecule has 92 valence electrons. The number of nitrogens with one attached hydrogen (secondary N) is 1. The Hall–Kier alpha value is -2.37. The topological polar surface area (TPSA) is 76.7 Å². The van der Waals surface area contributed by atoms with Gasteiger partial charge in [0.15, 0.2) is 5.65 Å². The maximum Gasteiger partial charge on any atom is 0.327 e. The fourth-order valence-electron chi connectivity index (χ4n) is 2.03. The van der Waals surface area contributed by atoms with Crippen molar-refractivity contribution in [1.82, 2.24) is 19.7 Å². The van der Waals surface area contributed by atoms with Gasteiger partial charge in [0.25, 0.3) is 0 Å². The van der Waals surface area contributed by atoms with Gasteiger partial charge in [-0.1, -0.05) is 5.16 Å². The number of imidazole rings is 1. The van der Waals surface area contributed by atoms with Crippen LogP contribution in [-0.2, 0) is 6.54 Å². The van der Waals surface area contributed by atoms with Gasteiger partial charge in [-0.2, -0.15) is 0 Å². The van der Waals surface area contributed by atoms with E-state index < -0.39 is 0 Å². The predicted molar refractivity (Wildman–Crippen MR) is 65.4 cm³/mol. The van der Waals surface area contributed by atoms with Crippen molar-refractivity contribution >= 4 is 11.2 Å².